The van der Waals surface area contributed by atoms with Crippen molar-refractivity contribution in [3.8, 4) is 0 Å². The van der Waals surface area contributed by atoms with Crippen molar-refractivity contribution >= 4 is 11.7 Å². The van der Waals surface area contributed by atoms with Crippen LogP contribution in [0.1, 0.15) is 24.1 Å². The highest BCUT2D eigenvalue weighted by atomic mass is 16.2. The van der Waals surface area contributed by atoms with Gasteiger partial charge in [-0.1, -0.05) is 30.3 Å². The number of amides is 1. The molecule has 1 aliphatic heterocycles. The normalized spacial score (nSPS) is 18.8. The Morgan fingerprint density at radius 1 is 1.35 bits per heavy atom. The lowest BCUT2D eigenvalue weighted by Gasteiger charge is -2.32. The van der Waals surface area contributed by atoms with Gasteiger partial charge in [-0.15, -0.1) is 0 Å². The van der Waals surface area contributed by atoms with E-state index < -0.39 is 0 Å². The number of anilines is 1. The summed E-state index contributed by atoms with van der Waals surface area (Å²) in [7, 11) is 1.85. The molecule has 0 aliphatic carbocycles. The maximum Gasteiger partial charge on any atom is 0.229 e. The number of benzene rings is 1. The third-order valence-corrected chi connectivity index (χ3v) is 4.38. The van der Waals surface area contributed by atoms with Gasteiger partial charge in [0.25, 0.3) is 0 Å². The standard InChI is InChI=1S/C18H24N4O/c1-14-11-17(21(2)20-14)19-18(23)16-9-6-10-22(13-16)12-15-7-4-3-5-8-15/h3-5,7-8,11,16H,6,9-10,12-13H2,1-2H3,(H,19,23). The number of hydrogen-bond acceptors (Lipinski definition) is 3. The van der Waals surface area contributed by atoms with Crippen molar-refractivity contribution in [3.05, 3.63) is 47.7 Å². The van der Waals surface area contributed by atoms with Gasteiger partial charge in [-0.2, -0.15) is 5.10 Å². The molecule has 0 bridgehead atoms. The maximum atomic E-state index is 12.5. The number of nitrogens with zero attached hydrogens (tertiary/aromatic N) is 3. The van der Waals surface area contributed by atoms with Crippen LogP contribution in [0.3, 0.4) is 0 Å². The first-order valence-electron chi connectivity index (χ1n) is 8.19. The van der Waals surface area contributed by atoms with E-state index in [4.69, 9.17) is 0 Å². The summed E-state index contributed by atoms with van der Waals surface area (Å²) < 4.78 is 1.72. The van der Waals surface area contributed by atoms with Gasteiger partial charge in [0.15, 0.2) is 0 Å². The number of nitrogens with one attached hydrogen (secondary N) is 1. The van der Waals surface area contributed by atoms with Gasteiger partial charge in [0.05, 0.1) is 11.6 Å². The molecule has 1 amide bonds. The zero-order valence-electron chi connectivity index (χ0n) is 13.8. The molecule has 2 heterocycles. The number of aryl methyl sites for hydroxylation is 2. The first kappa shape index (κ1) is 15.7. The zero-order valence-corrected chi connectivity index (χ0v) is 13.8. The van der Waals surface area contributed by atoms with Crippen LogP contribution in [0.4, 0.5) is 5.82 Å². The van der Waals surface area contributed by atoms with Gasteiger partial charge >= 0.3 is 0 Å². The molecule has 1 atom stereocenters. The number of rotatable bonds is 4. The predicted octanol–water partition coefficient (Wildman–Crippen LogP) is 2.58. The van der Waals surface area contributed by atoms with Crippen molar-refractivity contribution in [2.45, 2.75) is 26.3 Å². The number of hydrogen-bond donors (Lipinski definition) is 1. The Hall–Kier alpha value is -2.14. The molecule has 0 spiro atoms. The summed E-state index contributed by atoms with van der Waals surface area (Å²) in [6.45, 7) is 4.72. The van der Waals surface area contributed by atoms with Crippen molar-refractivity contribution < 1.29 is 4.79 Å². The van der Waals surface area contributed by atoms with Crippen molar-refractivity contribution in [3.63, 3.8) is 0 Å². The molecular formula is C18H24N4O. The van der Waals surface area contributed by atoms with Crippen LogP contribution in [0.25, 0.3) is 0 Å². The van der Waals surface area contributed by atoms with Gasteiger partial charge < -0.3 is 5.32 Å². The number of carbonyl (C=O) groups is 1. The smallest absolute Gasteiger partial charge is 0.229 e. The van der Waals surface area contributed by atoms with Crippen LogP contribution in [-0.2, 0) is 18.4 Å². The Morgan fingerprint density at radius 3 is 2.83 bits per heavy atom. The first-order valence-corrected chi connectivity index (χ1v) is 8.19. The summed E-state index contributed by atoms with van der Waals surface area (Å²) in [5.41, 5.74) is 2.22. The fraction of sp³-hybridized carbons (Fsp3) is 0.444. The molecule has 1 aliphatic rings. The molecule has 1 N–H and O–H groups in total. The summed E-state index contributed by atoms with van der Waals surface area (Å²) >= 11 is 0. The van der Waals surface area contributed by atoms with E-state index in [0.29, 0.717) is 0 Å². The van der Waals surface area contributed by atoms with E-state index in [0.717, 1.165) is 44.0 Å². The Balaban J connectivity index is 1.59. The molecule has 3 rings (SSSR count). The topological polar surface area (TPSA) is 50.2 Å². The Labute approximate surface area is 137 Å². The molecule has 1 aromatic carbocycles. The van der Waals surface area contributed by atoms with E-state index in [1.807, 2.05) is 26.1 Å². The Morgan fingerprint density at radius 2 is 2.13 bits per heavy atom. The maximum absolute atomic E-state index is 12.5. The van der Waals surface area contributed by atoms with E-state index in [2.05, 4.69) is 39.6 Å². The molecule has 1 unspecified atom stereocenters. The highest BCUT2D eigenvalue weighted by Crippen LogP contribution is 2.20. The molecule has 5 nitrogen and oxygen atoms in total. The molecule has 0 saturated carbocycles. The van der Waals surface area contributed by atoms with Crippen LogP contribution in [0, 0.1) is 12.8 Å². The minimum absolute atomic E-state index is 0.0441. The molecule has 1 saturated heterocycles. The van der Waals surface area contributed by atoms with Gasteiger partial charge in [0, 0.05) is 26.2 Å². The van der Waals surface area contributed by atoms with Gasteiger partial charge in [-0.25, -0.2) is 0 Å². The van der Waals surface area contributed by atoms with Gasteiger partial charge in [-0.3, -0.25) is 14.4 Å². The Bertz CT molecular complexity index is 665. The van der Waals surface area contributed by atoms with Crippen LogP contribution in [0.15, 0.2) is 36.4 Å². The van der Waals surface area contributed by atoms with Crippen LogP contribution in [0.2, 0.25) is 0 Å². The monoisotopic (exact) mass is 312 g/mol. The summed E-state index contributed by atoms with van der Waals surface area (Å²) in [5, 5.41) is 7.29. The molecule has 5 heteroatoms. The SMILES string of the molecule is Cc1cc(NC(=O)C2CCCN(Cc3ccccc3)C2)n(C)n1. The fourth-order valence-corrected chi connectivity index (χ4v) is 3.21. The van der Waals surface area contributed by atoms with Crippen LogP contribution in [0.5, 0.6) is 0 Å². The quantitative estimate of drug-likeness (QED) is 0.944. The lowest BCUT2D eigenvalue weighted by molar-refractivity contribution is -0.121. The zero-order chi connectivity index (χ0) is 16.2. The number of carbonyl (C=O) groups excluding carboxylic acids is 1. The fourth-order valence-electron chi connectivity index (χ4n) is 3.21. The molecular weight excluding hydrogens is 288 g/mol. The Kier molecular flexibility index (Phi) is 4.76. The molecule has 1 fully saturated rings. The van der Waals surface area contributed by atoms with Gasteiger partial charge in [-0.05, 0) is 31.9 Å². The van der Waals surface area contributed by atoms with E-state index in [1.165, 1.54) is 5.56 Å². The highest BCUT2D eigenvalue weighted by Gasteiger charge is 2.26. The number of aromatic nitrogens is 2. The highest BCUT2D eigenvalue weighted by molar-refractivity contribution is 5.92. The van der Waals surface area contributed by atoms with Crippen LogP contribution in [-0.4, -0.2) is 33.7 Å². The van der Waals surface area contributed by atoms with Crippen molar-refractivity contribution in [1.82, 2.24) is 14.7 Å². The van der Waals surface area contributed by atoms with Crippen molar-refractivity contribution in [2.24, 2.45) is 13.0 Å². The first-order chi connectivity index (χ1) is 11.1. The van der Waals surface area contributed by atoms with Gasteiger partial charge in [0.2, 0.25) is 5.91 Å². The second-order valence-electron chi connectivity index (χ2n) is 6.34. The van der Waals surface area contributed by atoms with Crippen molar-refractivity contribution in [2.75, 3.05) is 18.4 Å². The van der Waals surface area contributed by atoms with Crippen LogP contribution < -0.4 is 5.32 Å². The molecule has 1 aromatic heterocycles. The summed E-state index contributed by atoms with van der Waals surface area (Å²) in [6, 6.07) is 12.3. The summed E-state index contributed by atoms with van der Waals surface area (Å²) in [5.74, 6) is 0.918. The summed E-state index contributed by atoms with van der Waals surface area (Å²) in [4.78, 5) is 14.9. The van der Waals surface area contributed by atoms with E-state index >= 15 is 0 Å². The van der Waals surface area contributed by atoms with E-state index in [1.54, 1.807) is 4.68 Å². The second kappa shape index (κ2) is 6.96. The summed E-state index contributed by atoms with van der Waals surface area (Å²) in [6.07, 6.45) is 2.02. The lowest BCUT2D eigenvalue weighted by Crippen LogP contribution is -2.40. The molecule has 122 valence electrons. The average molecular weight is 312 g/mol. The molecule has 0 radical (unpaired) electrons. The van der Waals surface area contributed by atoms with Crippen molar-refractivity contribution in [1.29, 1.82) is 0 Å². The number of likely N-dealkylation sites (tertiary alicyclic amines) is 1. The minimum Gasteiger partial charge on any atom is -0.311 e. The van der Waals surface area contributed by atoms with E-state index in [-0.39, 0.29) is 11.8 Å². The average Bonchev–Trinajstić information content (AvgIpc) is 2.86. The molecule has 2 aromatic rings. The number of piperidine rings is 1. The third-order valence-electron chi connectivity index (χ3n) is 4.38. The third kappa shape index (κ3) is 3.99. The van der Waals surface area contributed by atoms with Gasteiger partial charge in [0.1, 0.15) is 5.82 Å². The molecule has 23 heavy (non-hydrogen) atoms. The second-order valence-corrected chi connectivity index (χ2v) is 6.34. The largest absolute Gasteiger partial charge is 0.311 e. The predicted molar refractivity (Wildman–Crippen MR) is 91.0 cm³/mol. The van der Waals surface area contributed by atoms with E-state index in [9.17, 15) is 4.79 Å². The minimum atomic E-state index is 0.0441. The van der Waals surface area contributed by atoms with Crippen LogP contribution >= 0.6 is 0 Å². The lowest BCUT2D eigenvalue weighted by atomic mass is 9.96.